The Morgan fingerprint density at radius 3 is 3.05 bits per heavy atom. The number of aryl methyl sites for hydroxylation is 1. The number of hydrogen-bond donors (Lipinski definition) is 1. The summed E-state index contributed by atoms with van der Waals surface area (Å²) in [5, 5.41) is 12.6. The van der Waals surface area contributed by atoms with E-state index in [2.05, 4.69) is 31.4 Å². The van der Waals surface area contributed by atoms with Gasteiger partial charge in [-0.2, -0.15) is 0 Å². The molecule has 0 spiro atoms. The minimum absolute atomic E-state index is 0.246. The third kappa shape index (κ3) is 2.28. The molecular weight excluding hydrogens is 256 g/mol. The third-order valence-corrected chi connectivity index (χ3v) is 4.66. The number of benzene rings is 1. The molecule has 1 N–H and O–H groups in total. The van der Waals surface area contributed by atoms with Crippen LogP contribution in [0.2, 0.25) is 0 Å². The van der Waals surface area contributed by atoms with Crippen LogP contribution in [0.25, 0.3) is 0 Å². The van der Waals surface area contributed by atoms with E-state index < -0.39 is 6.10 Å². The molecule has 2 heterocycles. The van der Waals surface area contributed by atoms with Gasteiger partial charge in [0.2, 0.25) is 0 Å². The molecular formula is C16H18O2S. The molecule has 0 saturated carbocycles. The topological polar surface area (TPSA) is 29.5 Å². The summed E-state index contributed by atoms with van der Waals surface area (Å²) >= 11 is 1.63. The molecule has 0 bridgehead atoms. The fourth-order valence-electron chi connectivity index (χ4n) is 2.64. The highest BCUT2D eigenvalue weighted by Gasteiger charge is 2.22. The number of aliphatic hydroxyl groups excluding tert-OH is 1. The van der Waals surface area contributed by atoms with Gasteiger partial charge in [0.05, 0.1) is 0 Å². The third-order valence-electron chi connectivity index (χ3n) is 3.65. The summed E-state index contributed by atoms with van der Waals surface area (Å²) < 4.78 is 5.70. The molecule has 1 aromatic carbocycles. The molecule has 0 amide bonds. The summed E-state index contributed by atoms with van der Waals surface area (Å²) in [6.07, 6.45) is 1.62. The second kappa shape index (κ2) is 4.99. The van der Waals surface area contributed by atoms with Gasteiger partial charge in [0, 0.05) is 11.3 Å². The Labute approximate surface area is 117 Å². The van der Waals surface area contributed by atoms with Crippen LogP contribution in [0.3, 0.4) is 0 Å². The van der Waals surface area contributed by atoms with E-state index >= 15 is 0 Å². The number of rotatable bonds is 3. The summed E-state index contributed by atoms with van der Waals surface area (Å²) in [6.45, 7) is 4.20. The summed E-state index contributed by atoms with van der Waals surface area (Å²) in [4.78, 5) is 1.06. The van der Waals surface area contributed by atoms with E-state index in [1.807, 2.05) is 12.1 Å². The van der Waals surface area contributed by atoms with Gasteiger partial charge < -0.3 is 9.84 Å². The average Bonchev–Trinajstić information content (AvgIpc) is 3.01. The highest BCUT2D eigenvalue weighted by atomic mass is 32.1. The molecule has 0 aliphatic carbocycles. The number of thiophene rings is 1. The smallest absolute Gasteiger partial charge is 0.123 e. The van der Waals surface area contributed by atoms with Gasteiger partial charge in [0.15, 0.2) is 0 Å². The average molecular weight is 274 g/mol. The predicted octanol–water partition coefficient (Wildman–Crippen LogP) is 3.72. The zero-order valence-electron chi connectivity index (χ0n) is 11.2. The lowest BCUT2D eigenvalue weighted by atomic mass is 10.0. The van der Waals surface area contributed by atoms with E-state index in [1.54, 1.807) is 11.3 Å². The summed E-state index contributed by atoms with van der Waals surface area (Å²) in [7, 11) is 0. The van der Waals surface area contributed by atoms with Gasteiger partial charge in [-0.15, -0.1) is 11.3 Å². The van der Waals surface area contributed by atoms with E-state index in [0.717, 1.165) is 29.0 Å². The Hall–Kier alpha value is -1.32. The molecule has 1 aliphatic heterocycles. The van der Waals surface area contributed by atoms with Crippen molar-refractivity contribution < 1.29 is 9.84 Å². The van der Waals surface area contributed by atoms with Gasteiger partial charge in [-0.1, -0.05) is 13.0 Å². The molecule has 100 valence electrons. The first-order valence-corrected chi connectivity index (χ1v) is 7.60. The standard InChI is InChI=1S/C16H18O2S/c1-3-11-6-7-19-16(11)15(17)12-4-5-14-13(9-12)8-10(2)18-14/h4-7,9-10,15,17H,3,8H2,1-2H3. The van der Waals surface area contributed by atoms with Crippen molar-refractivity contribution in [2.24, 2.45) is 0 Å². The zero-order chi connectivity index (χ0) is 13.4. The summed E-state index contributed by atoms with van der Waals surface area (Å²) in [6, 6.07) is 8.14. The van der Waals surface area contributed by atoms with Crippen LogP contribution < -0.4 is 4.74 Å². The van der Waals surface area contributed by atoms with Crippen molar-refractivity contribution in [2.75, 3.05) is 0 Å². The lowest BCUT2D eigenvalue weighted by Gasteiger charge is -2.12. The van der Waals surface area contributed by atoms with Crippen molar-refractivity contribution in [3.63, 3.8) is 0 Å². The number of hydrogen-bond acceptors (Lipinski definition) is 3. The Morgan fingerprint density at radius 2 is 2.26 bits per heavy atom. The lowest BCUT2D eigenvalue weighted by Crippen LogP contribution is -2.05. The highest BCUT2D eigenvalue weighted by Crippen LogP contribution is 2.35. The lowest BCUT2D eigenvalue weighted by molar-refractivity contribution is 0.223. The van der Waals surface area contributed by atoms with Gasteiger partial charge in [0.1, 0.15) is 18.0 Å². The quantitative estimate of drug-likeness (QED) is 0.924. The number of fused-ring (bicyclic) bond motifs is 1. The van der Waals surface area contributed by atoms with Crippen LogP contribution in [-0.2, 0) is 12.8 Å². The fourth-order valence-corrected chi connectivity index (χ4v) is 3.65. The minimum atomic E-state index is -0.517. The van der Waals surface area contributed by atoms with Crippen LogP contribution in [0.5, 0.6) is 5.75 Å². The van der Waals surface area contributed by atoms with Crippen molar-refractivity contribution >= 4 is 11.3 Å². The molecule has 2 atom stereocenters. The molecule has 0 saturated heterocycles. The van der Waals surface area contributed by atoms with E-state index in [9.17, 15) is 5.11 Å². The van der Waals surface area contributed by atoms with Crippen LogP contribution in [0, 0.1) is 0 Å². The van der Waals surface area contributed by atoms with Crippen molar-refractivity contribution in [1.29, 1.82) is 0 Å². The van der Waals surface area contributed by atoms with Gasteiger partial charge in [-0.3, -0.25) is 0 Å². The molecule has 3 rings (SSSR count). The van der Waals surface area contributed by atoms with Crippen molar-refractivity contribution in [1.82, 2.24) is 0 Å². The maximum Gasteiger partial charge on any atom is 0.123 e. The fraction of sp³-hybridized carbons (Fsp3) is 0.375. The molecule has 0 radical (unpaired) electrons. The highest BCUT2D eigenvalue weighted by molar-refractivity contribution is 7.10. The van der Waals surface area contributed by atoms with Crippen LogP contribution in [0.15, 0.2) is 29.6 Å². The van der Waals surface area contributed by atoms with E-state index in [4.69, 9.17) is 4.74 Å². The molecule has 2 unspecified atom stereocenters. The van der Waals surface area contributed by atoms with Gasteiger partial charge in [0.25, 0.3) is 0 Å². The molecule has 2 aromatic rings. The van der Waals surface area contributed by atoms with Gasteiger partial charge in [-0.05, 0) is 53.6 Å². The monoisotopic (exact) mass is 274 g/mol. The Morgan fingerprint density at radius 1 is 1.42 bits per heavy atom. The summed E-state index contributed by atoms with van der Waals surface area (Å²) in [5.41, 5.74) is 3.41. The maximum atomic E-state index is 10.6. The molecule has 1 aliphatic rings. The van der Waals surface area contributed by atoms with Crippen LogP contribution in [0.1, 0.15) is 41.5 Å². The summed E-state index contributed by atoms with van der Waals surface area (Å²) in [5.74, 6) is 0.963. The Kier molecular flexibility index (Phi) is 3.33. The predicted molar refractivity (Wildman–Crippen MR) is 78.0 cm³/mol. The second-order valence-electron chi connectivity index (χ2n) is 5.07. The van der Waals surface area contributed by atoms with Crippen LogP contribution >= 0.6 is 11.3 Å². The second-order valence-corrected chi connectivity index (χ2v) is 6.01. The molecule has 1 aromatic heterocycles. The largest absolute Gasteiger partial charge is 0.490 e. The minimum Gasteiger partial charge on any atom is -0.490 e. The SMILES string of the molecule is CCc1ccsc1C(O)c1ccc2c(c1)CC(C)O2. The molecule has 0 fully saturated rings. The van der Waals surface area contributed by atoms with Gasteiger partial charge >= 0.3 is 0 Å². The number of aliphatic hydroxyl groups is 1. The van der Waals surface area contributed by atoms with Crippen molar-refractivity contribution in [2.45, 2.75) is 38.9 Å². The van der Waals surface area contributed by atoms with E-state index in [0.29, 0.717) is 0 Å². The first-order valence-electron chi connectivity index (χ1n) is 6.73. The molecule has 2 nitrogen and oxygen atoms in total. The Bertz CT molecular complexity index is 588. The molecule has 3 heteroatoms. The first kappa shape index (κ1) is 12.7. The normalized spacial score (nSPS) is 19.0. The maximum absolute atomic E-state index is 10.6. The van der Waals surface area contributed by atoms with Crippen LogP contribution in [-0.4, -0.2) is 11.2 Å². The first-order chi connectivity index (χ1) is 9.19. The van der Waals surface area contributed by atoms with Crippen LogP contribution in [0.4, 0.5) is 0 Å². The van der Waals surface area contributed by atoms with Crippen molar-refractivity contribution in [3.05, 3.63) is 51.2 Å². The van der Waals surface area contributed by atoms with E-state index in [1.165, 1.54) is 11.1 Å². The molecule has 19 heavy (non-hydrogen) atoms. The van der Waals surface area contributed by atoms with E-state index in [-0.39, 0.29) is 6.10 Å². The van der Waals surface area contributed by atoms with Crippen molar-refractivity contribution in [3.8, 4) is 5.75 Å². The van der Waals surface area contributed by atoms with Gasteiger partial charge in [-0.25, -0.2) is 0 Å². The number of ether oxygens (including phenoxy) is 1. The zero-order valence-corrected chi connectivity index (χ0v) is 12.0. The Balaban J connectivity index is 1.93.